The molecule has 0 saturated carbocycles. The summed E-state index contributed by atoms with van der Waals surface area (Å²) in [7, 11) is 0. The summed E-state index contributed by atoms with van der Waals surface area (Å²) in [5.41, 5.74) is 6.31. The fraction of sp³-hybridized carbons (Fsp3) is 0.556. The largest absolute Gasteiger partial charge is 0.395 e. The number of aliphatic hydroxyl groups is 1. The second-order valence-corrected chi connectivity index (χ2v) is 7.25. The Hall–Kier alpha value is -1.57. The number of rotatable bonds is 8. The van der Waals surface area contributed by atoms with Gasteiger partial charge in [-0.15, -0.1) is 11.8 Å². The van der Waals surface area contributed by atoms with Crippen molar-refractivity contribution in [3.8, 4) is 0 Å². The highest BCUT2D eigenvalue weighted by Crippen LogP contribution is 2.21. The van der Waals surface area contributed by atoms with Gasteiger partial charge in [0.05, 0.1) is 19.1 Å². The van der Waals surface area contributed by atoms with E-state index in [2.05, 4.69) is 0 Å². The lowest BCUT2D eigenvalue weighted by Crippen LogP contribution is -2.47. The van der Waals surface area contributed by atoms with E-state index < -0.39 is 0 Å². The molecule has 1 aliphatic rings. The number of aliphatic hydroxyl groups excluding tert-OH is 1. The Morgan fingerprint density at radius 1 is 1.36 bits per heavy atom. The maximum absolute atomic E-state index is 12.9. The van der Waals surface area contributed by atoms with Crippen LogP contribution in [0.5, 0.6) is 0 Å². The van der Waals surface area contributed by atoms with E-state index in [4.69, 9.17) is 5.73 Å². The summed E-state index contributed by atoms with van der Waals surface area (Å²) in [5.74, 6) is -0.475. The van der Waals surface area contributed by atoms with E-state index in [1.165, 1.54) is 4.90 Å². The van der Waals surface area contributed by atoms with E-state index in [-0.39, 0.29) is 30.9 Å². The molecule has 7 heteroatoms. The molecule has 25 heavy (non-hydrogen) atoms. The van der Waals surface area contributed by atoms with Gasteiger partial charge >= 0.3 is 0 Å². The van der Waals surface area contributed by atoms with E-state index in [9.17, 15) is 14.7 Å². The van der Waals surface area contributed by atoms with Crippen LogP contribution in [0, 0.1) is 5.92 Å². The van der Waals surface area contributed by atoms with Gasteiger partial charge in [0.15, 0.2) is 0 Å². The van der Waals surface area contributed by atoms with Crippen LogP contribution in [0.3, 0.4) is 0 Å². The van der Waals surface area contributed by atoms with Crippen molar-refractivity contribution in [1.29, 1.82) is 0 Å². The molecule has 0 aliphatic carbocycles. The monoisotopic (exact) mass is 365 g/mol. The van der Waals surface area contributed by atoms with Crippen LogP contribution in [0.25, 0.3) is 0 Å². The predicted octanol–water partition coefficient (Wildman–Crippen LogP) is 0.927. The molecule has 2 amide bonds. The van der Waals surface area contributed by atoms with Gasteiger partial charge in [-0.1, -0.05) is 12.1 Å². The van der Waals surface area contributed by atoms with E-state index in [0.29, 0.717) is 19.6 Å². The zero-order chi connectivity index (χ0) is 18.2. The summed E-state index contributed by atoms with van der Waals surface area (Å²) in [5, 5.41) is 9.35. The molecule has 1 fully saturated rings. The highest BCUT2D eigenvalue weighted by Gasteiger charge is 2.29. The predicted molar refractivity (Wildman–Crippen MR) is 99.1 cm³/mol. The molecule has 1 unspecified atom stereocenters. The number of hydrogen-bond acceptors (Lipinski definition) is 5. The van der Waals surface area contributed by atoms with Crippen molar-refractivity contribution in [3.05, 3.63) is 29.8 Å². The number of thioether (sulfide) groups is 1. The molecule has 2 rings (SSSR count). The van der Waals surface area contributed by atoms with Crippen LogP contribution in [0.1, 0.15) is 18.4 Å². The summed E-state index contributed by atoms with van der Waals surface area (Å²) in [6.07, 6.45) is 3.71. The summed E-state index contributed by atoms with van der Waals surface area (Å²) in [6.45, 7) is 2.28. The first-order valence-electron chi connectivity index (χ1n) is 8.56. The number of carbonyl (C=O) groups excluding carboxylic acids is 2. The van der Waals surface area contributed by atoms with E-state index in [1.807, 2.05) is 35.4 Å². The first-order valence-corrected chi connectivity index (χ1v) is 9.79. The molecule has 0 spiro atoms. The third-order valence-electron chi connectivity index (χ3n) is 4.45. The van der Waals surface area contributed by atoms with Crippen molar-refractivity contribution in [3.63, 3.8) is 0 Å². The van der Waals surface area contributed by atoms with Gasteiger partial charge in [0, 0.05) is 24.5 Å². The first kappa shape index (κ1) is 19.8. The topological polar surface area (TPSA) is 86.9 Å². The fourth-order valence-corrected chi connectivity index (χ4v) is 3.63. The number of benzene rings is 1. The van der Waals surface area contributed by atoms with Crippen molar-refractivity contribution >= 4 is 23.6 Å². The molecule has 0 radical (unpaired) electrons. The minimum absolute atomic E-state index is 0.0390. The standard InChI is InChI=1S/C18H27N3O3S/c1-25-16-6-4-14(5-7-16)11-21(9-10-22)18(24)15-3-2-8-20(12-15)13-17(19)23/h4-7,15,22H,2-3,8-13H2,1H3,(H2,19,23). The van der Waals surface area contributed by atoms with Crippen molar-refractivity contribution < 1.29 is 14.7 Å². The Labute approximate surface area is 153 Å². The average molecular weight is 365 g/mol. The molecule has 0 bridgehead atoms. The lowest BCUT2D eigenvalue weighted by atomic mass is 9.96. The second kappa shape index (κ2) is 9.79. The summed E-state index contributed by atoms with van der Waals surface area (Å²) >= 11 is 1.68. The van der Waals surface area contributed by atoms with Crippen LogP contribution >= 0.6 is 11.8 Å². The molecular formula is C18H27N3O3S. The molecule has 1 aromatic carbocycles. The molecule has 138 valence electrons. The normalized spacial score (nSPS) is 18.1. The number of nitrogens with two attached hydrogens (primary N) is 1. The molecule has 1 atom stereocenters. The molecular weight excluding hydrogens is 338 g/mol. The van der Waals surface area contributed by atoms with Gasteiger partial charge in [-0.2, -0.15) is 0 Å². The van der Waals surface area contributed by atoms with Gasteiger partial charge in [0.2, 0.25) is 11.8 Å². The number of hydrogen-bond donors (Lipinski definition) is 2. The van der Waals surface area contributed by atoms with Crippen LogP contribution in [-0.4, -0.2) is 65.8 Å². The summed E-state index contributed by atoms with van der Waals surface area (Å²) in [4.78, 5) is 28.9. The number of carbonyl (C=O) groups is 2. The first-order chi connectivity index (χ1) is 12.0. The molecule has 6 nitrogen and oxygen atoms in total. The van der Waals surface area contributed by atoms with Crippen LogP contribution in [0.4, 0.5) is 0 Å². The van der Waals surface area contributed by atoms with E-state index in [0.717, 1.165) is 24.9 Å². The highest BCUT2D eigenvalue weighted by atomic mass is 32.2. The quantitative estimate of drug-likeness (QED) is 0.669. The minimum atomic E-state index is -0.366. The van der Waals surface area contributed by atoms with Gasteiger partial charge in [-0.25, -0.2) is 0 Å². The Bertz CT molecular complexity index is 579. The van der Waals surface area contributed by atoms with Gasteiger partial charge < -0.3 is 15.7 Å². The van der Waals surface area contributed by atoms with Crippen LogP contribution in [0.15, 0.2) is 29.2 Å². The Kier molecular flexibility index (Phi) is 7.74. The fourth-order valence-electron chi connectivity index (χ4n) is 3.22. The molecule has 3 N–H and O–H groups in total. The molecule has 1 heterocycles. The third-order valence-corrected chi connectivity index (χ3v) is 5.19. The highest BCUT2D eigenvalue weighted by molar-refractivity contribution is 7.98. The molecule has 0 aromatic heterocycles. The number of likely N-dealkylation sites (tertiary alicyclic amines) is 1. The van der Waals surface area contributed by atoms with Gasteiger partial charge in [-0.3, -0.25) is 14.5 Å². The second-order valence-electron chi connectivity index (χ2n) is 6.37. The zero-order valence-corrected chi connectivity index (χ0v) is 15.5. The summed E-state index contributed by atoms with van der Waals surface area (Å²) in [6, 6.07) is 8.11. The minimum Gasteiger partial charge on any atom is -0.395 e. The Balaban J connectivity index is 2.01. The lowest BCUT2D eigenvalue weighted by Gasteiger charge is -2.34. The Morgan fingerprint density at radius 2 is 2.08 bits per heavy atom. The van der Waals surface area contributed by atoms with Crippen molar-refractivity contribution in [2.24, 2.45) is 11.7 Å². The van der Waals surface area contributed by atoms with Gasteiger partial charge in [-0.05, 0) is 43.3 Å². The van der Waals surface area contributed by atoms with Crippen molar-refractivity contribution in [2.45, 2.75) is 24.3 Å². The molecule has 1 aromatic rings. The maximum Gasteiger partial charge on any atom is 0.231 e. The van der Waals surface area contributed by atoms with E-state index >= 15 is 0 Å². The number of nitrogens with zero attached hydrogens (tertiary/aromatic N) is 2. The molecule has 1 aliphatic heterocycles. The SMILES string of the molecule is CSc1ccc(CN(CCO)C(=O)C2CCCN(CC(N)=O)C2)cc1. The maximum atomic E-state index is 12.9. The van der Waals surface area contributed by atoms with E-state index in [1.54, 1.807) is 16.7 Å². The Morgan fingerprint density at radius 3 is 2.68 bits per heavy atom. The molecule has 1 saturated heterocycles. The third kappa shape index (κ3) is 6.02. The smallest absolute Gasteiger partial charge is 0.231 e. The van der Waals surface area contributed by atoms with Crippen molar-refractivity contribution in [1.82, 2.24) is 9.80 Å². The van der Waals surface area contributed by atoms with Crippen molar-refractivity contribution in [2.75, 3.05) is 39.0 Å². The number of primary amides is 1. The zero-order valence-electron chi connectivity index (χ0n) is 14.7. The average Bonchev–Trinajstić information content (AvgIpc) is 2.61. The lowest BCUT2D eigenvalue weighted by molar-refractivity contribution is -0.139. The van der Waals surface area contributed by atoms with Crippen LogP contribution < -0.4 is 5.73 Å². The van der Waals surface area contributed by atoms with Gasteiger partial charge in [0.1, 0.15) is 0 Å². The number of amides is 2. The van der Waals surface area contributed by atoms with Gasteiger partial charge in [0.25, 0.3) is 0 Å². The number of piperidine rings is 1. The van der Waals surface area contributed by atoms with Crippen LogP contribution in [0.2, 0.25) is 0 Å². The van der Waals surface area contributed by atoms with Crippen LogP contribution in [-0.2, 0) is 16.1 Å². The summed E-state index contributed by atoms with van der Waals surface area (Å²) < 4.78 is 0.